The molecule has 2 heterocycles. The average molecular weight is 458 g/mol. The number of aromatic nitrogens is 1. The van der Waals surface area contributed by atoms with Crippen LogP contribution in [0.15, 0.2) is 39.8 Å². The first-order chi connectivity index (χ1) is 12.0. The monoisotopic (exact) mass is 457 g/mol. The van der Waals surface area contributed by atoms with Gasteiger partial charge in [0.2, 0.25) is 0 Å². The number of hydrogen-bond acceptors (Lipinski definition) is 6. The average Bonchev–Trinajstić information content (AvgIpc) is 3.17. The third-order valence-corrected chi connectivity index (χ3v) is 6.49. The van der Waals surface area contributed by atoms with Gasteiger partial charge in [-0.25, -0.2) is 0 Å². The molecule has 0 fully saturated rings. The largest absolute Gasteiger partial charge is 0.324 e. The van der Waals surface area contributed by atoms with Gasteiger partial charge in [-0.3, -0.25) is 14.9 Å². The first kappa shape index (κ1) is 18.3. The van der Waals surface area contributed by atoms with Crippen LogP contribution in [0.3, 0.4) is 0 Å². The minimum atomic E-state index is -0.503. The number of thiazole rings is 1. The van der Waals surface area contributed by atoms with E-state index in [-0.39, 0.29) is 9.88 Å². The summed E-state index contributed by atoms with van der Waals surface area (Å²) in [6.45, 7) is 0.736. The zero-order valence-corrected chi connectivity index (χ0v) is 17.0. The van der Waals surface area contributed by atoms with E-state index in [1.165, 1.54) is 23.5 Å². The third-order valence-electron chi connectivity index (χ3n) is 3.34. The fourth-order valence-electron chi connectivity index (χ4n) is 2.21. The zero-order chi connectivity index (χ0) is 18.0. The number of rotatable bonds is 5. The quantitative estimate of drug-likeness (QED) is 0.416. The van der Waals surface area contributed by atoms with E-state index >= 15 is 0 Å². The van der Waals surface area contributed by atoms with Crippen molar-refractivity contribution in [1.29, 1.82) is 0 Å². The number of hydrogen-bond donors (Lipinski definition) is 0. The van der Waals surface area contributed by atoms with Crippen LogP contribution in [0.1, 0.15) is 9.67 Å². The number of thiophene rings is 1. The van der Waals surface area contributed by atoms with Gasteiger partial charge in [0.15, 0.2) is 4.80 Å². The molecular weight excluding hydrogens is 446 g/mol. The highest BCUT2D eigenvalue weighted by molar-refractivity contribution is 9.10. The van der Waals surface area contributed by atoms with Gasteiger partial charge in [0.05, 0.1) is 15.1 Å². The van der Waals surface area contributed by atoms with Crippen LogP contribution in [0.5, 0.6) is 0 Å². The number of halogens is 1. The molecule has 0 N–H and O–H groups in total. The van der Waals surface area contributed by atoms with Gasteiger partial charge >= 0.3 is 5.00 Å². The molecule has 6 nitrogen and oxygen atoms in total. The van der Waals surface area contributed by atoms with Gasteiger partial charge in [0.25, 0.3) is 5.91 Å². The highest BCUT2D eigenvalue weighted by atomic mass is 79.9. The van der Waals surface area contributed by atoms with Crippen LogP contribution in [0.4, 0.5) is 5.00 Å². The molecule has 0 aliphatic carbocycles. The summed E-state index contributed by atoms with van der Waals surface area (Å²) in [7, 11) is 0. The number of fused-ring (bicyclic) bond motifs is 1. The molecule has 0 unspecified atom stereocenters. The van der Waals surface area contributed by atoms with Gasteiger partial charge in [0.1, 0.15) is 4.88 Å². The summed E-state index contributed by atoms with van der Waals surface area (Å²) in [6.07, 6.45) is 2.03. The molecular formula is C15H12BrN3O3S3. The van der Waals surface area contributed by atoms with Gasteiger partial charge in [-0.05, 0) is 30.5 Å². The Bertz CT molecular complexity index is 1020. The zero-order valence-electron chi connectivity index (χ0n) is 13.0. The summed E-state index contributed by atoms with van der Waals surface area (Å²) in [5.41, 5.74) is 1.02. The lowest BCUT2D eigenvalue weighted by Gasteiger charge is -2.03. The number of amides is 1. The van der Waals surface area contributed by atoms with E-state index in [4.69, 9.17) is 0 Å². The molecule has 130 valence electrons. The van der Waals surface area contributed by atoms with Crippen LogP contribution >= 0.6 is 50.4 Å². The Balaban J connectivity index is 2.07. The molecule has 0 atom stereocenters. The second-order valence-corrected chi connectivity index (χ2v) is 8.93. The van der Waals surface area contributed by atoms with Crippen molar-refractivity contribution in [1.82, 2.24) is 4.57 Å². The summed E-state index contributed by atoms with van der Waals surface area (Å²) in [6, 6.07) is 8.73. The minimum Gasteiger partial charge on any atom is -0.316 e. The molecule has 10 heteroatoms. The Hall–Kier alpha value is -1.49. The number of nitrogens with zero attached hydrogens (tertiary/aromatic N) is 3. The van der Waals surface area contributed by atoms with Crippen molar-refractivity contribution in [2.75, 3.05) is 12.0 Å². The Morgan fingerprint density at radius 1 is 1.36 bits per heavy atom. The lowest BCUT2D eigenvalue weighted by Crippen LogP contribution is -2.18. The van der Waals surface area contributed by atoms with Crippen molar-refractivity contribution in [3.8, 4) is 0 Å². The molecule has 1 amide bonds. The van der Waals surface area contributed by atoms with E-state index in [0.29, 0.717) is 4.80 Å². The van der Waals surface area contributed by atoms with E-state index in [2.05, 4.69) is 20.9 Å². The number of thioether (sulfide) groups is 1. The van der Waals surface area contributed by atoms with Crippen LogP contribution in [-0.2, 0) is 6.54 Å². The van der Waals surface area contributed by atoms with Crippen molar-refractivity contribution >= 4 is 71.5 Å². The van der Waals surface area contributed by atoms with Crippen molar-refractivity contribution < 1.29 is 9.72 Å². The smallest absolute Gasteiger partial charge is 0.316 e. The maximum absolute atomic E-state index is 12.4. The molecule has 25 heavy (non-hydrogen) atoms. The van der Waals surface area contributed by atoms with Gasteiger partial charge in [-0.2, -0.15) is 16.8 Å². The van der Waals surface area contributed by atoms with Gasteiger partial charge in [0, 0.05) is 22.8 Å². The van der Waals surface area contributed by atoms with Crippen molar-refractivity contribution in [2.24, 2.45) is 4.99 Å². The summed E-state index contributed by atoms with van der Waals surface area (Å²) < 4.78 is 4.01. The molecule has 2 aromatic heterocycles. The predicted molar refractivity (Wildman–Crippen MR) is 107 cm³/mol. The molecule has 0 bridgehead atoms. The second kappa shape index (κ2) is 7.81. The van der Waals surface area contributed by atoms with Crippen LogP contribution in [0, 0.1) is 10.1 Å². The van der Waals surface area contributed by atoms with Crippen LogP contribution in [0.2, 0.25) is 0 Å². The normalized spacial score (nSPS) is 12.0. The number of aryl methyl sites for hydroxylation is 1. The van der Waals surface area contributed by atoms with E-state index in [9.17, 15) is 14.9 Å². The number of carbonyl (C=O) groups excluding carboxylic acids is 1. The first-order valence-corrected chi connectivity index (χ1v) is 10.9. The molecule has 3 aromatic rings. The molecule has 3 rings (SSSR count). The lowest BCUT2D eigenvalue weighted by atomic mass is 10.3. The van der Waals surface area contributed by atoms with Crippen LogP contribution in [-0.4, -0.2) is 27.4 Å². The molecule has 0 spiro atoms. The Morgan fingerprint density at radius 3 is 2.84 bits per heavy atom. The molecule has 0 aliphatic rings. The molecule has 0 aliphatic heterocycles. The summed E-state index contributed by atoms with van der Waals surface area (Å²) in [5, 5.41) is 10.7. The maximum atomic E-state index is 12.4. The number of nitro groups is 1. The number of carbonyl (C=O) groups is 1. The predicted octanol–water partition coefficient (Wildman–Crippen LogP) is 4.54. The van der Waals surface area contributed by atoms with Gasteiger partial charge in [-0.15, -0.1) is 0 Å². The van der Waals surface area contributed by atoms with Crippen LogP contribution < -0.4 is 4.80 Å². The van der Waals surface area contributed by atoms with Crippen molar-refractivity contribution in [3.05, 3.63) is 54.6 Å². The lowest BCUT2D eigenvalue weighted by molar-refractivity contribution is -0.380. The summed E-state index contributed by atoms with van der Waals surface area (Å²) in [5.74, 6) is 0.440. The van der Waals surface area contributed by atoms with Gasteiger partial charge in [-0.1, -0.05) is 38.6 Å². The highest BCUT2D eigenvalue weighted by Gasteiger charge is 2.15. The Labute approximate surface area is 163 Å². The minimum absolute atomic E-state index is 0.0610. The standard InChI is InChI=1S/C15H12BrN3O3S3/c1-23-7-6-18-10-3-2-9(16)8-12(10)25-15(18)17-14(20)11-4-5-13(24-11)19(21)22/h2-5,8H,6-7H2,1H3. The van der Waals surface area contributed by atoms with Crippen molar-refractivity contribution in [2.45, 2.75) is 6.54 Å². The van der Waals surface area contributed by atoms with E-state index < -0.39 is 10.8 Å². The fourth-order valence-corrected chi connectivity index (χ4v) is 4.89. The first-order valence-electron chi connectivity index (χ1n) is 7.10. The Morgan fingerprint density at radius 2 is 2.16 bits per heavy atom. The summed E-state index contributed by atoms with van der Waals surface area (Å²) >= 11 is 7.45. The highest BCUT2D eigenvalue weighted by Crippen LogP contribution is 2.25. The molecule has 0 saturated heterocycles. The molecule has 0 radical (unpaired) electrons. The third kappa shape index (κ3) is 4.02. The molecule has 1 aromatic carbocycles. The Kier molecular flexibility index (Phi) is 5.72. The SMILES string of the molecule is CSCCn1c(=NC(=O)c2ccc([N+](=O)[O-])s2)sc2cc(Br)ccc21. The van der Waals surface area contributed by atoms with E-state index in [1.807, 2.05) is 29.0 Å². The second-order valence-electron chi connectivity index (χ2n) is 4.95. The van der Waals surface area contributed by atoms with Crippen LogP contribution in [0.25, 0.3) is 10.2 Å². The summed E-state index contributed by atoms with van der Waals surface area (Å²) in [4.78, 5) is 27.8. The fraction of sp³-hybridized carbons (Fsp3) is 0.200. The van der Waals surface area contributed by atoms with E-state index in [1.54, 1.807) is 11.8 Å². The molecule has 0 saturated carbocycles. The topological polar surface area (TPSA) is 77.5 Å². The maximum Gasteiger partial charge on any atom is 0.324 e. The number of benzene rings is 1. The van der Waals surface area contributed by atoms with Gasteiger partial charge < -0.3 is 4.57 Å². The van der Waals surface area contributed by atoms with Crippen molar-refractivity contribution in [3.63, 3.8) is 0 Å². The van der Waals surface area contributed by atoms with E-state index in [0.717, 1.165) is 38.3 Å².